The Hall–Kier alpha value is 0.420. The van der Waals surface area contributed by atoms with Crippen molar-refractivity contribution in [2.45, 2.75) is 39.0 Å². The Balaban J connectivity index is -0.0000000980. The van der Waals surface area contributed by atoms with Crippen LogP contribution in [0.4, 0.5) is 0 Å². The third-order valence-corrected chi connectivity index (χ3v) is 1.62. The topological polar surface area (TPSA) is 80.3 Å². The molecule has 0 heterocycles. The molecule has 0 aliphatic carbocycles. The fraction of sp³-hybridized carbons (Fsp3) is 0.500. The second kappa shape index (κ2) is 22.6. The zero-order valence-electron chi connectivity index (χ0n) is 11.6. The van der Waals surface area contributed by atoms with E-state index in [0.29, 0.717) is 12.2 Å². The van der Waals surface area contributed by atoms with Crippen LogP contribution in [0, 0.1) is 0 Å². The van der Waals surface area contributed by atoms with Crippen LogP contribution in [-0.4, -0.2) is 11.9 Å². The summed E-state index contributed by atoms with van der Waals surface area (Å²) in [5.74, 6) is -3.09. The number of hydrogen-bond donors (Lipinski definition) is 0. The van der Waals surface area contributed by atoms with Gasteiger partial charge < -0.3 is 19.8 Å². The van der Waals surface area contributed by atoms with E-state index in [1.807, 2.05) is 6.08 Å². The summed E-state index contributed by atoms with van der Waals surface area (Å²) in [7, 11) is 0. The minimum atomic E-state index is -1.55. The molecule has 0 amide bonds. The molecule has 0 rings (SSSR count). The van der Waals surface area contributed by atoms with Crippen molar-refractivity contribution in [3.63, 3.8) is 0 Å². The molecule has 18 heavy (non-hydrogen) atoms. The molecule has 0 N–H and O–H groups in total. The number of hydrogen-bond acceptors (Lipinski definition) is 4. The Kier molecular flexibility index (Phi) is 33.7. The van der Waals surface area contributed by atoms with Crippen molar-refractivity contribution in [2.75, 3.05) is 0 Å². The van der Waals surface area contributed by atoms with Crippen LogP contribution in [0.5, 0.6) is 0 Å². The molecule has 0 saturated carbocycles. The Morgan fingerprint density at radius 1 is 1.00 bits per heavy atom. The van der Waals surface area contributed by atoms with Gasteiger partial charge >= 0.3 is 59.1 Å². The molecule has 0 atom stereocenters. The van der Waals surface area contributed by atoms with E-state index in [1.54, 1.807) is 0 Å². The predicted molar refractivity (Wildman–Crippen MR) is 58.1 cm³/mol. The van der Waals surface area contributed by atoms with Crippen molar-refractivity contribution in [1.29, 1.82) is 0 Å². The van der Waals surface area contributed by atoms with E-state index in [0.717, 1.165) is 0 Å². The van der Waals surface area contributed by atoms with Crippen LogP contribution in [0.3, 0.4) is 0 Å². The van der Waals surface area contributed by atoms with Gasteiger partial charge in [-0.25, -0.2) is 0 Å². The summed E-state index contributed by atoms with van der Waals surface area (Å²) >= 11 is 0. The number of carboxylic acid groups (broad SMARTS) is 2. The van der Waals surface area contributed by atoms with Gasteiger partial charge in [-0.2, -0.15) is 0 Å². The summed E-state index contributed by atoms with van der Waals surface area (Å²) in [6.07, 6.45) is 9.38. The molecule has 0 unspecified atom stereocenters. The van der Waals surface area contributed by atoms with Crippen molar-refractivity contribution in [3.05, 3.63) is 24.8 Å². The van der Waals surface area contributed by atoms with Crippen LogP contribution >= 0.6 is 0 Å². The summed E-state index contributed by atoms with van der Waals surface area (Å²) in [6, 6.07) is 0. The van der Waals surface area contributed by atoms with Crippen LogP contribution in [0.1, 0.15) is 39.0 Å². The van der Waals surface area contributed by atoms with Gasteiger partial charge in [0.15, 0.2) is 0 Å². The monoisotopic (exact) mass is 272 g/mol. The van der Waals surface area contributed by atoms with E-state index in [2.05, 4.69) is 13.5 Å². The Labute approximate surface area is 153 Å². The van der Waals surface area contributed by atoms with E-state index in [9.17, 15) is 19.8 Å². The number of allylic oxidation sites excluding steroid dienone is 1. The number of carboxylic acids is 2. The molecule has 0 aliphatic heterocycles. The maximum absolute atomic E-state index is 9.41. The molecule has 0 bridgehead atoms. The molecule has 92 valence electrons. The smallest absolute Gasteiger partial charge is 0.545 e. The Morgan fingerprint density at radius 2 is 1.44 bits per heavy atom. The molecule has 0 saturated heterocycles. The van der Waals surface area contributed by atoms with Gasteiger partial charge in [0, 0.05) is 0 Å². The maximum Gasteiger partial charge on any atom is 1.00 e. The van der Waals surface area contributed by atoms with Crippen molar-refractivity contribution < 1.29 is 78.9 Å². The summed E-state index contributed by atoms with van der Waals surface area (Å²) in [4.78, 5) is 18.8. The average molecular weight is 272 g/mol. The minimum Gasteiger partial charge on any atom is -0.545 e. The van der Waals surface area contributed by atoms with Gasteiger partial charge in [-0.3, -0.25) is 0 Å². The molecular formula is C12H18Na2O4. The SMILES string of the molecule is C=CCCCCCC.O=C([O-])/C=C\C(=O)[O-].[Na+].[Na+]. The molecule has 0 aromatic heterocycles. The molecule has 0 aromatic rings. The minimum absolute atomic E-state index is 0. The van der Waals surface area contributed by atoms with E-state index >= 15 is 0 Å². The first-order valence-electron chi connectivity index (χ1n) is 5.25. The van der Waals surface area contributed by atoms with Gasteiger partial charge in [0.25, 0.3) is 0 Å². The second-order valence-corrected chi connectivity index (χ2v) is 3.11. The number of aliphatic carboxylic acids is 2. The van der Waals surface area contributed by atoms with Crippen molar-refractivity contribution in [2.24, 2.45) is 0 Å². The fourth-order valence-corrected chi connectivity index (χ4v) is 0.852. The molecule has 0 spiro atoms. The van der Waals surface area contributed by atoms with Crippen molar-refractivity contribution in [1.82, 2.24) is 0 Å². The third kappa shape index (κ3) is 36.0. The number of unbranched alkanes of at least 4 members (excludes halogenated alkanes) is 4. The normalized spacial score (nSPS) is 8.28. The van der Waals surface area contributed by atoms with Gasteiger partial charge in [-0.15, -0.1) is 6.58 Å². The molecule has 0 fully saturated rings. The predicted octanol–water partition coefficient (Wildman–Crippen LogP) is -5.81. The summed E-state index contributed by atoms with van der Waals surface area (Å²) < 4.78 is 0. The first kappa shape index (κ1) is 26.9. The van der Waals surface area contributed by atoms with E-state index < -0.39 is 11.9 Å². The van der Waals surface area contributed by atoms with Gasteiger partial charge in [0.1, 0.15) is 0 Å². The van der Waals surface area contributed by atoms with Gasteiger partial charge in [-0.05, 0) is 25.0 Å². The average Bonchev–Trinajstić information content (AvgIpc) is 2.23. The maximum atomic E-state index is 9.41. The molecule has 4 nitrogen and oxygen atoms in total. The Morgan fingerprint density at radius 3 is 1.72 bits per heavy atom. The third-order valence-electron chi connectivity index (χ3n) is 1.62. The van der Waals surface area contributed by atoms with Crippen LogP contribution in [0.2, 0.25) is 0 Å². The standard InChI is InChI=1S/C8H16.C4H4O4.2Na/c1-3-5-7-8-6-4-2;5-3(6)1-2-4(7)8;;/h3H,1,4-8H2,2H3;1-2H,(H,5,6)(H,7,8);;/q;;2*+1/p-2/b;2-1-;;. The second-order valence-electron chi connectivity index (χ2n) is 3.11. The number of rotatable bonds is 7. The van der Waals surface area contributed by atoms with Crippen LogP contribution in [0.15, 0.2) is 24.8 Å². The number of carbonyl (C=O) groups excluding carboxylic acids is 2. The zero-order chi connectivity index (χ0) is 12.8. The molecule has 0 aromatic carbocycles. The molecular weight excluding hydrogens is 254 g/mol. The van der Waals surface area contributed by atoms with E-state index in [4.69, 9.17) is 0 Å². The van der Waals surface area contributed by atoms with Gasteiger partial charge in [0.05, 0.1) is 11.9 Å². The molecule has 0 aliphatic rings. The summed E-state index contributed by atoms with van der Waals surface area (Å²) in [5, 5.41) is 18.8. The quantitative estimate of drug-likeness (QED) is 0.200. The van der Waals surface area contributed by atoms with Crippen molar-refractivity contribution >= 4 is 11.9 Å². The molecule has 0 radical (unpaired) electrons. The summed E-state index contributed by atoms with van der Waals surface area (Å²) in [6.45, 7) is 5.89. The largest absolute Gasteiger partial charge is 1.00 e. The van der Waals surface area contributed by atoms with Crippen LogP contribution in [0.25, 0.3) is 0 Å². The fourth-order valence-electron chi connectivity index (χ4n) is 0.852. The first-order chi connectivity index (χ1) is 7.54. The van der Waals surface area contributed by atoms with E-state index in [-0.39, 0.29) is 59.1 Å². The van der Waals surface area contributed by atoms with Crippen LogP contribution < -0.4 is 69.3 Å². The Bertz CT molecular complexity index is 224. The van der Waals surface area contributed by atoms with Crippen molar-refractivity contribution in [3.8, 4) is 0 Å². The van der Waals surface area contributed by atoms with Gasteiger partial charge in [-0.1, -0.05) is 32.3 Å². The zero-order valence-corrected chi connectivity index (χ0v) is 15.6. The van der Waals surface area contributed by atoms with Crippen LogP contribution in [-0.2, 0) is 9.59 Å². The van der Waals surface area contributed by atoms with E-state index in [1.165, 1.54) is 32.1 Å². The number of carbonyl (C=O) groups is 2. The first-order valence-corrected chi connectivity index (χ1v) is 5.25. The summed E-state index contributed by atoms with van der Waals surface area (Å²) in [5.41, 5.74) is 0. The molecule has 6 heteroatoms. The van der Waals surface area contributed by atoms with Gasteiger partial charge in [0.2, 0.25) is 0 Å².